The van der Waals surface area contributed by atoms with Gasteiger partial charge in [0.2, 0.25) is 0 Å². The number of unbranched alkanes of at least 4 members (excludes halogenated alkanes) is 18. The predicted octanol–water partition coefficient (Wildman–Crippen LogP) is 16.0. The van der Waals surface area contributed by atoms with Gasteiger partial charge in [0.15, 0.2) is 6.10 Å². The largest absolute Gasteiger partial charge is 0.462 e. The molecule has 0 aromatic carbocycles. The van der Waals surface area contributed by atoms with Crippen LogP contribution >= 0.6 is 0 Å². The normalized spacial score (nSPS) is 13.0. The Kier molecular flexibility index (Phi) is 45.6. The molecule has 0 radical (unpaired) electrons. The summed E-state index contributed by atoms with van der Waals surface area (Å²) >= 11 is 0. The Labute approximate surface area is 374 Å². The van der Waals surface area contributed by atoms with Gasteiger partial charge in [0, 0.05) is 19.3 Å². The minimum atomic E-state index is -0.811. The van der Waals surface area contributed by atoms with Crippen LogP contribution in [0, 0.1) is 0 Å². The van der Waals surface area contributed by atoms with Gasteiger partial charge in [-0.3, -0.25) is 14.4 Å². The molecule has 0 aliphatic rings. The third kappa shape index (κ3) is 47.0. The summed E-state index contributed by atoms with van der Waals surface area (Å²) in [6.45, 7) is 6.26. The van der Waals surface area contributed by atoms with Gasteiger partial charge < -0.3 is 14.2 Å². The van der Waals surface area contributed by atoms with Crippen molar-refractivity contribution in [3.63, 3.8) is 0 Å². The van der Waals surface area contributed by atoms with Crippen LogP contribution in [0.15, 0.2) is 109 Å². The van der Waals surface area contributed by atoms with Crippen molar-refractivity contribution in [1.82, 2.24) is 0 Å². The number of carbonyl (C=O) groups is 3. The second-order valence-electron chi connectivity index (χ2n) is 15.8. The van der Waals surface area contributed by atoms with E-state index < -0.39 is 6.10 Å². The minimum absolute atomic E-state index is 0.108. The molecule has 0 fully saturated rings. The van der Waals surface area contributed by atoms with Crippen LogP contribution in [0.25, 0.3) is 0 Å². The summed E-state index contributed by atoms with van der Waals surface area (Å²) in [6, 6.07) is 0. The maximum Gasteiger partial charge on any atom is 0.306 e. The molecule has 0 aromatic rings. The Balaban J connectivity index is 4.48. The van der Waals surface area contributed by atoms with Crippen LogP contribution in [0.2, 0.25) is 0 Å². The number of allylic oxidation sites excluding steroid dienone is 18. The molecule has 0 aliphatic heterocycles. The van der Waals surface area contributed by atoms with E-state index in [0.29, 0.717) is 19.3 Å². The molecule has 344 valence electrons. The Morgan fingerprint density at radius 2 is 0.705 bits per heavy atom. The molecule has 0 saturated carbocycles. The topological polar surface area (TPSA) is 78.9 Å². The molecule has 6 heteroatoms. The Hall–Kier alpha value is -3.93. The molecule has 0 heterocycles. The lowest BCUT2D eigenvalue weighted by atomic mass is 10.1. The molecule has 61 heavy (non-hydrogen) atoms. The number of hydrogen-bond donors (Lipinski definition) is 0. The van der Waals surface area contributed by atoms with Crippen LogP contribution in [0.3, 0.4) is 0 Å². The van der Waals surface area contributed by atoms with E-state index in [4.69, 9.17) is 14.2 Å². The molecule has 1 unspecified atom stereocenters. The molecule has 0 amide bonds. The molecular weight excluding hydrogens is 757 g/mol. The van der Waals surface area contributed by atoms with Gasteiger partial charge >= 0.3 is 17.9 Å². The smallest absolute Gasteiger partial charge is 0.306 e. The van der Waals surface area contributed by atoms with E-state index in [0.717, 1.165) is 103 Å². The fourth-order valence-electron chi connectivity index (χ4n) is 6.25. The average Bonchev–Trinajstić information content (AvgIpc) is 3.26. The first-order valence-corrected chi connectivity index (χ1v) is 24.5. The first-order chi connectivity index (χ1) is 30.0. The van der Waals surface area contributed by atoms with Crippen molar-refractivity contribution in [1.29, 1.82) is 0 Å². The third-order valence-corrected chi connectivity index (χ3v) is 9.90. The summed E-state index contributed by atoms with van der Waals surface area (Å²) in [4.78, 5) is 37.9. The number of rotatable bonds is 42. The molecule has 0 N–H and O–H groups in total. The number of esters is 3. The van der Waals surface area contributed by atoms with Gasteiger partial charge in [-0.15, -0.1) is 0 Å². The molecule has 0 aromatic heterocycles. The van der Waals surface area contributed by atoms with Gasteiger partial charge in [-0.05, 0) is 89.9 Å². The molecule has 1 atom stereocenters. The third-order valence-electron chi connectivity index (χ3n) is 9.90. The number of carbonyl (C=O) groups excluding carboxylic acids is 3. The van der Waals surface area contributed by atoms with Crippen LogP contribution in [-0.2, 0) is 28.6 Å². The van der Waals surface area contributed by atoms with Gasteiger partial charge in [-0.2, -0.15) is 0 Å². The van der Waals surface area contributed by atoms with Crippen molar-refractivity contribution in [3.8, 4) is 0 Å². The van der Waals surface area contributed by atoms with E-state index in [-0.39, 0.29) is 37.5 Å². The van der Waals surface area contributed by atoms with Crippen molar-refractivity contribution in [2.75, 3.05) is 13.2 Å². The monoisotopic (exact) mass is 845 g/mol. The maximum atomic E-state index is 12.7. The van der Waals surface area contributed by atoms with Crippen LogP contribution in [0.4, 0.5) is 0 Å². The van der Waals surface area contributed by atoms with Crippen molar-refractivity contribution in [2.24, 2.45) is 0 Å². The van der Waals surface area contributed by atoms with E-state index in [9.17, 15) is 14.4 Å². The fraction of sp³-hybridized carbons (Fsp3) is 0.618. The maximum absolute atomic E-state index is 12.7. The van der Waals surface area contributed by atoms with E-state index in [1.165, 1.54) is 51.4 Å². The number of hydrogen-bond acceptors (Lipinski definition) is 6. The molecule has 0 saturated heterocycles. The fourth-order valence-corrected chi connectivity index (χ4v) is 6.25. The first kappa shape index (κ1) is 57.1. The van der Waals surface area contributed by atoms with Gasteiger partial charge in [0.05, 0.1) is 0 Å². The van der Waals surface area contributed by atoms with Crippen molar-refractivity contribution >= 4 is 17.9 Å². The minimum Gasteiger partial charge on any atom is -0.462 e. The van der Waals surface area contributed by atoms with Gasteiger partial charge in [-0.1, -0.05) is 201 Å². The molecule has 0 aliphatic carbocycles. The Morgan fingerprint density at radius 3 is 1.15 bits per heavy atom. The van der Waals surface area contributed by atoms with E-state index in [2.05, 4.69) is 87.6 Å². The summed E-state index contributed by atoms with van der Waals surface area (Å²) < 4.78 is 16.7. The van der Waals surface area contributed by atoms with Gasteiger partial charge in [0.25, 0.3) is 0 Å². The van der Waals surface area contributed by atoms with Crippen molar-refractivity contribution in [2.45, 2.75) is 207 Å². The summed E-state index contributed by atoms with van der Waals surface area (Å²) in [5, 5.41) is 0. The highest BCUT2D eigenvalue weighted by molar-refractivity contribution is 5.71. The molecule has 0 rings (SSSR count). The second-order valence-corrected chi connectivity index (χ2v) is 15.8. The van der Waals surface area contributed by atoms with Gasteiger partial charge in [-0.25, -0.2) is 0 Å². The summed E-state index contributed by atoms with van der Waals surface area (Å²) in [6.07, 6.45) is 65.0. The Morgan fingerprint density at radius 1 is 0.361 bits per heavy atom. The van der Waals surface area contributed by atoms with E-state index in [1.807, 2.05) is 42.5 Å². The summed E-state index contributed by atoms with van der Waals surface area (Å²) in [5.74, 6) is -0.984. The predicted molar refractivity (Wildman–Crippen MR) is 260 cm³/mol. The van der Waals surface area contributed by atoms with Crippen molar-refractivity contribution < 1.29 is 28.6 Å². The summed E-state index contributed by atoms with van der Waals surface area (Å²) in [5.41, 5.74) is 0. The number of ether oxygens (including phenoxy) is 3. The first-order valence-electron chi connectivity index (χ1n) is 24.5. The average molecular weight is 845 g/mol. The zero-order chi connectivity index (χ0) is 44.4. The summed E-state index contributed by atoms with van der Waals surface area (Å²) in [7, 11) is 0. The van der Waals surface area contributed by atoms with Gasteiger partial charge in [0.1, 0.15) is 13.2 Å². The lowest BCUT2D eigenvalue weighted by Crippen LogP contribution is -2.30. The van der Waals surface area contributed by atoms with Crippen LogP contribution < -0.4 is 0 Å². The molecule has 0 bridgehead atoms. The molecular formula is C55H88O6. The lowest BCUT2D eigenvalue weighted by Gasteiger charge is -2.18. The van der Waals surface area contributed by atoms with Crippen LogP contribution in [0.1, 0.15) is 201 Å². The highest BCUT2D eigenvalue weighted by Crippen LogP contribution is 2.13. The zero-order valence-electron chi connectivity index (χ0n) is 39.1. The lowest BCUT2D eigenvalue weighted by molar-refractivity contribution is -0.167. The Bertz CT molecular complexity index is 1290. The SMILES string of the molecule is CC\C=C/C=C\C=C/C=C\CCCCCC(=O)OC(COC(=O)CCCCCCC\C=C/C=C\C=C/CC)COC(=O)CCCCCCCCC/C=C\C/C=C\CCCCC. The van der Waals surface area contributed by atoms with Crippen LogP contribution in [-0.4, -0.2) is 37.2 Å². The standard InChI is InChI=1S/C55H88O6/c1-4-7-10-13-16-19-22-25-26-27-28-31-33-36-39-42-45-48-54(57)60-51-52(61-55(58)49-46-43-40-37-34-30-24-21-18-15-12-9-6-3)50-59-53(56)47-44-41-38-35-32-29-23-20-17-14-11-8-5-2/h8-9,11-12,14-21,23-26,30,34,52H,4-7,10,13,22,27-29,31-33,35-51H2,1-3H3/b11-8-,12-9-,17-14-,18-15-,19-16-,23-20-,24-21-,26-25-,34-30-. The molecule has 6 nitrogen and oxygen atoms in total. The second kappa shape index (κ2) is 48.7. The van der Waals surface area contributed by atoms with E-state index >= 15 is 0 Å². The molecule has 0 spiro atoms. The highest BCUT2D eigenvalue weighted by Gasteiger charge is 2.19. The zero-order valence-corrected chi connectivity index (χ0v) is 39.1. The highest BCUT2D eigenvalue weighted by atomic mass is 16.6. The quantitative estimate of drug-likeness (QED) is 0.0200. The van der Waals surface area contributed by atoms with Crippen LogP contribution in [0.5, 0.6) is 0 Å². The van der Waals surface area contributed by atoms with E-state index in [1.54, 1.807) is 0 Å². The van der Waals surface area contributed by atoms with Crippen molar-refractivity contribution in [3.05, 3.63) is 109 Å².